The highest BCUT2D eigenvalue weighted by molar-refractivity contribution is 5.56. The molecular formula is C12H15NO3. The second-order valence-corrected chi connectivity index (χ2v) is 4.13. The van der Waals surface area contributed by atoms with Crippen LogP contribution in [0, 0.1) is 0 Å². The maximum absolute atomic E-state index is 5.43. The standard InChI is InChI=1S/C12H15NO3/c1-2-10(7-14-5-1)13-9-3-4-11-12(6-9)16-8-15-11/h3-4,6,10,13H,1-2,5,7-8H2. The van der Waals surface area contributed by atoms with E-state index >= 15 is 0 Å². The summed E-state index contributed by atoms with van der Waals surface area (Å²) in [6.45, 7) is 2.00. The highest BCUT2D eigenvalue weighted by atomic mass is 16.7. The lowest BCUT2D eigenvalue weighted by atomic mass is 10.1. The number of anilines is 1. The molecule has 1 unspecified atom stereocenters. The van der Waals surface area contributed by atoms with Crippen molar-refractivity contribution in [2.45, 2.75) is 18.9 Å². The van der Waals surface area contributed by atoms with E-state index in [2.05, 4.69) is 5.32 Å². The molecule has 0 spiro atoms. The smallest absolute Gasteiger partial charge is 0.231 e. The minimum atomic E-state index is 0.325. The summed E-state index contributed by atoms with van der Waals surface area (Å²) in [6, 6.07) is 6.35. The molecule has 1 aromatic rings. The molecule has 1 atom stereocenters. The summed E-state index contributed by atoms with van der Waals surface area (Å²) in [6.07, 6.45) is 2.29. The Balaban J connectivity index is 1.69. The molecule has 0 radical (unpaired) electrons. The Labute approximate surface area is 94.5 Å². The molecule has 1 fully saturated rings. The second-order valence-electron chi connectivity index (χ2n) is 4.13. The molecule has 2 heterocycles. The molecule has 2 aliphatic rings. The van der Waals surface area contributed by atoms with Gasteiger partial charge in [0.25, 0.3) is 0 Å². The van der Waals surface area contributed by atoms with Crippen molar-refractivity contribution in [2.75, 3.05) is 25.3 Å². The Morgan fingerprint density at radius 1 is 1.19 bits per heavy atom. The molecule has 1 saturated heterocycles. The lowest BCUT2D eigenvalue weighted by Gasteiger charge is -2.24. The van der Waals surface area contributed by atoms with E-state index in [0.29, 0.717) is 12.8 Å². The number of nitrogens with one attached hydrogen (secondary N) is 1. The Bertz CT molecular complexity index is 375. The predicted octanol–water partition coefficient (Wildman–Crippen LogP) is 2.01. The monoisotopic (exact) mass is 221 g/mol. The Morgan fingerprint density at radius 3 is 3.00 bits per heavy atom. The van der Waals surface area contributed by atoms with Gasteiger partial charge in [-0.2, -0.15) is 0 Å². The molecule has 4 heteroatoms. The van der Waals surface area contributed by atoms with Gasteiger partial charge < -0.3 is 19.5 Å². The van der Waals surface area contributed by atoms with E-state index in [1.54, 1.807) is 0 Å². The zero-order valence-electron chi connectivity index (χ0n) is 9.07. The van der Waals surface area contributed by atoms with Crippen molar-refractivity contribution >= 4 is 5.69 Å². The molecule has 0 aromatic heterocycles. The number of ether oxygens (including phenoxy) is 3. The largest absolute Gasteiger partial charge is 0.454 e. The number of fused-ring (bicyclic) bond motifs is 1. The first-order valence-electron chi connectivity index (χ1n) is 5.66. The van der Waals surface area contributed by atoms with Crippen LogP contribution in [-0.4, -0.2) is 26.0 Å². The highest BCUT2D eigenvalue weighted by Crippen LogP contribution is 2.34. The average molecular weight is 221 g/mol. The first-order chi connectivity index (χ1) is 7.92. The highest BCUT2D eigenvalue weighted by Gasteiger charge is 2.16. The number of benzene rings is 1. The van der Waals surface area contributed by atoms with Gasteiger partial charge in [-0.25, -0.2) is 0 Å². The van der Waals surface area contributed by atoms with E-state index in [1.807, 2.05) is 18.2 Å². The molecule has 1 N–H and O–H groups in total. The summed E-state index contributed by atoms with van der Waals surface area (Å²) in [5.74, 6) is 1.65. The van der Waals surface area contributed by atoms with Gasteiger partial charge in [0.1, 0.15) is 0 Å². The lowest BCUT2D eigenvalue weighted by Crippen LogP contribution is -2.29. The van der Waals surface area contributed by atoms with E-state index < -0.39 is 0 Å². The third-order valence-corrected chi connectivity index (χ3v) is 2.90. The lowest BCUT2D eigenvalue weighted by molar-refractivity contribution is 0.0876. The van der Waals surface area contributed by atoms with Crippen LogP contribution in [0.1, 0.15) is 12.8 Å². The zero-order chi connectivity index (χ0) is 10.8. The fourth-order valence-electron chi connectivity index (χ4n) is 2.08. The summed E-state index contributed by atoms with van der Waals surface area (Å²) in [5.41, 5.74) is 1.07. The number of rotatable bonds is 2. The van der Waals surface area contributed by atoms with E-state index in [0.717, 1.165) is 43.2 Å². The molecule has 86 valence electrons. The van der Waals surface area contributed by atoms with Crippen LogP contribution in [0.5, 0.6) is 11.5 Å². The van der Waals surface area contributed by atoms with Crippen molar-refractivity contribution in [1.82, 2.24) is 0 Å². The van der Waals surface area contributed by atoms with Crippen LogP contribution in [0.25, 0.3) is 0 Å². The molecule has 16 heavy (non-hydrogen) atoms. The van der Waals surface area contributed by atoms with Gasteiger partial charge in [0.15, 0.2) is 11.5 Å². The van der Waals surface area contributed by atoms with Crippen LogP contribution >= 0.6 is 0 Å². The zero-order valence-corrected chi connectivity index (χ0v) is 9.07. The summed E-state index contributed by atoms with van der Waals surface area (Å²) >= 11 is 0. The third-order valence-electron chi connectivity index (χ3n) is 2.90. The van der Waals surface area contributed by atoms with Crippen LogP contribution in [0.3, 0.4) is 0 Å². The average Bonchev–Trinajstić information content (AvgIpc) is 2.77. The molecule has 0 saturated carbocycles. The van der Waals surface area contributed by atoms with Gasteiger partial charge in [-0.3, -0.25) is 0 Å². The number of hydrogen-bond acceptors (Lipinski definition) is 4. The summed E-state index contributed by atoms with van der Waals surface area (Å²) in [7, 11) is 0. The van der Waals surface area contributed by atoms with Gasteiger partial charge in [0, 0.05) is 24.4 Å². The summed E-state index contributed by atoms with van der Waals surface area (Å²) < 4.78 is 16.0. The van der Waals surface area contributed by atoms with Gasteiger partial charge >= 0.3 is 0 Å². The Hall–Kier alpha value is -1.42. The van der Waals surface area contributed by atoms with Crippen molar-refractivity contribution < 1.29 is 14.2 Å². The van der Waals surface area contributed by atoms with Crippen molar-refractivity contribution in [1.29, 1.82) is 0 Å². The molecule has 0 bridgehead atoms. The molecule has 2 aliphatic heterocycles. The van der Waals surface area contributed by atoms with Crippen LogP contribution < -0.4 is 14.8 Å². The normalized spacial score (nSPS) is 23.1. The maximum atomic E-state index is 5.43. The van der Waals surface area contributed by atoms with Crippen molar-refractivity contribution in [3.05, 3.63) is 18.2 Å². The van der Waals surface area contributed by atoms with Crippen LogP contribution in [-0.2, 0) is 4.74 Å². The topological polar surface area (TPSA) is 39.7 Å². The third kappa shape index (κ3) is 1.93. The maximum Gasteiger partial charge on any atom is 0.231 e. The van der Waals surface area contributed by atoms with Gasteiger partial charge in [0.05, 0.1) is 6.61 Å². The number of hydrogen-bond donors (Lipinski definition) is 1. The Morgan fingerprint density at radius 2 is 2.12 bits per heavy atom. The minimum absolute atomic E-state index is 0.325. The van der Waals surface area contributed by atoms with E-state index in [4.69, 9.17) is 14.2 Å². The quantitative estimate of drug-likeness (QED) is 0.829. The SMILES string of the molecule is c1cc2c(cc1NC1CCCOC1)OCO2. The van der Waals surface area contributed by atoms with E-state index in [9.17, 15) is 0 Å². The molecule has 0 aliphatic carbocycles. The van der Waals surface area contributed by atoms with Crippen molar-refractivity contribution in [3.63, 3.8) is 0 Å². The van der Waals surface area contributed by atoms with Crippen molar-refractivity contribution in [3.8, 4) is 11.5 Å². The fourth-order valence-corrected chi connectivity index (χ4v) is 2.08. The molecular weight excluding hydrogens is 206 g/mol. The van der Waals surface area contributed by atoms with E-state index in [1.165, 1.54) is 0 Å². The van der Waals surface area contributed by atoms with E-state index in [-0.39, 0.29) is 0 Å². The first kappa shape index (κ1) is 9.78. The summed E-state index contributed by atoms with van der Waals surface area (Å²) in [5, 5.41) is 3.45. The minimum Gasteiger partial charge on any atom is -0.454 e. The van der Waals surface area contributed by atoms with Gasteiger partial charge in [0.2, 0.25) is 6.79 Å². The summed E-state index contributed by atoms with van der Waals surface area (Å²) in [4.78, 5) is 0. The predicted molar refractivity (Wildman–Crippen MR) is 60.0 cm³/mol. The van der Waals surface area contributed by atoms with Gasteiger partial charge in [-0.1, -0.05) is 0 Å². The first-order valence-corrected chi connectivity index (χ1v) is 5.66. The van der Waals surface area contributed by atoms with Crippen LogP contribution in [0.2, 0.25) is 0 Å². The van der Waals surface area contributed by atoms with Crippen LogP contribution in [0.15, 0.2) is 18.2 Å². The Kier molecular flexibility index (Phi) is 2.58. The second kappa shape index (κ2) is 4.22. The van der Waals surface area contributed by atoms with Crippen LogP contribution in [0.4, 0.5) is 5.69 Å². The van der Waals surface area contributed by atoms with Gasteiger partial charge in [-0.15, -0.1) is 0 Å². The van der Waals surface area contributed by atoms with Gasteiger partial charge in [-0.05, 0) is 25.0 Å². The molecule has 0 amide bonds. The fraction of sp³-hybridized carbons (Fsp3) is 0.500. The molecule has 4 nitrogen and oxygen atoms in total. The molecule has 1 aromatic carbocycles. The van der Waals surface area contributed by atoms with Crippen molar-refractivity contribution in [2.24, 2.45) is 0 Å². The molecule has 3 rings (SSSR count).